The molecule has 2 aromatic carbocycles. The largest absolute Gasteiger partial charge is 0.372 e. The Hall–Kier alpha value is -2.69. The number of piperidine rings is 1. The minimum atomic E-state index is -0.227. The summed E-state index contributed by atoms with van der Waals surface area (Å²) in [5.74, 6) is 0.821. The van der Waals surface area contributed by atoms with Crippen molar-refractivity contribution in [3.8, 4) is 0 Å². The summed E-state index contributed by atoms with van der Waals surface area (Å²) in [7, 11) is 0. The van der Waals surface area contributed by atoms with Crippen LogP contribution in [-0.4, -0.2) is 32.2 Å². The Bertz CT molecular complexity index is 745. The third kappa shape index (κ3) is 5.18. The predicted molar refractivity (Wildman–Crippen MR) is 120 cm³/mol. The molecule has 2 aromatic rings. The van der Waals surface area contributed by atoms with Crippen molar-refractivity contribution in [2.45, 2.75) is 33.6 Å². The Morgan fingerprint density at radius 2 is 1.43 bits per heavy atom. The number of urea groups is 1. The van der Waals surface area contributed by atoms with Crippen LogP contribution in [-0.2, 0) is 0 Å². The molecule has 3 rings (SSSR count). The summed E-state index contributed by atoms with van der Waals surface area (Å²) in [5.41, 5.74) is 3.97. The quantitative estimate of drug-likeness (QED) is 0.704. The molecule has 1 aliphatic heterocycles. The second kappa shape index (κ2) is 9.49. The number of carbonyl (C=O) groups excluding carboxylic acids is 1. The molecule has 0 unspecified atom stereocenters. The zero-order valence-electron chi connectivity index (χ0n) is 17.2. The van der Waals surface area contributed by atoms with Crippen LogP contribution in [0, 0.1) is 5.92 Å². The molecule has 0 radical (unpaired) electrons. The lowest BCUT2D eigenvalue weighted by Crippen LogP contribution is -2.32. The van der Waals surface area contributed by atoms with Crippen molar-refractivity contribution in [3.63, 3.8) is 0 Å². The van der Waals surface area contributed by atoms with Gasteiger partial charge >= 0.3 is 6.03 Å². The molecule has 0 saturated carbocycles. The molecule has 0 spiro atoms. The van der Waals surface area contributed by atoms with Gasteiger partial charge in [0.25, 0.3) is 0 Å². The number of rotatable bonds is 6. The van der Waals surface area contributed by atoms with Gasteiger partial charge in [0.2, 0.25) is 0 Å². The third-order valence-electron chi connectivity index (χ3n) is 5.53. The summed E-state index contributed by atoms with van der Waals surface area (Å²) < 4.78 is 0. The van der Waals surface area contributed by atoms with Crippen LogP contribution in [0.2, 0.25) is 0 Å². The fourth-order valence-electron chi connectivity index (χ4n) is 3.66. The molecule has 0 bridgehead atoms. The fourth-order valence-corrected chi connectivity index (χ4v) is 3.66. The van der Waals surface area contributed by atoms with Crippen LogP contribution in [0.25, 0.3) is 0 Å². The van der Waals surface area contributed by atoms with E-state index in [2.05, 4.69) is 53.3 Å². The topological polar surface area (TPSA) is 47.6 Å². The van der Waals surface area contributed by atoms with Crippen molar-refractivity contribution >= 4 is 28.8 Å². The van der Waals surface area contributed by atoms with Crippen LogP contribution in [0.15, 0.2) is 48.5 Å². The van der Waals surface area contributed by atoms with Crippen LogP contribution >= 0.6 is 0 Å². The molecule has 1 saturated heterocycles. The number of amides is 2. The van der Waals surface area contributed by atoms with Gasteiger partial charge in [-0.3, -0.25) is 0 Å². The van der Waals surface area contributed by atoms with E-state index in [1.54, 1.807) is 0 Å². The first-order chi connectivity index (χ1) is 13.6. The van der Waals surface area contributed by atoms with E-state index in [0.29, 0.717) is 0 Å². The molecule has 28 heavy (non-hydrogen) atoms. The molecule has 1 fully saturated rings. The van der Waals surface area contributed by atoms with Crippen LogP contribution in [0.5, 0.6) is 0 Å². The summed E-state index contributed by atoms with van der Waals surface area (Å²) in [6, 6.07) is 15.8. The number of nitrogens with zero attached hydrogens (tertiary/aromatic N) is 2. The molecule has 0 aliphatic carbocycles. The highest BCUT2D eigenvalue weighted by Gasteiger charge is 2.16. The Labute approximate surface area is 168 Å². The number of anilines is 4. The first kappa shape index (κ1) is 20.1. The van der Waals surface area contributed by atoms with E-state index in [1.807, 2.05) is 36.4 Å². The molecule has 2 amide bonds. The zero-order valence-corrected chi connectivity index (χ0v) is 17.2. The summed E-state index contributed by atoms with van der Waals surface area (Å²) in [6.45, 7) is 10.8. The van der Waals surface area contributed by atoms with E-state index in [4.69, 9.17) is 0 Å². The molecule has 0 atom stereocenters. The van der Waals surface area contributed by atoms with Gasteiger partial charge in [-0.2, -0.15) is 0 Å². The maximum Gasteiger partial charge on any atom is 0.323 e. The Balaban J connectivity index is 1.53. The van der Waals surface area contributed by atoms with Gasteiger partial charge in [0, 0.05) is 48.9 Å². The fraction of sp³-hybridized carbons (Fsp3) is 0.435. The average Bonchev–Trinajstić information content (AvgIpc) is 2.71. The SMILES string of the molecule is CCN(CC)c1ccc(NC(=O)Nc2ccc(N3CCC(C)CC3)cc2)cc1. The van der Waals surface area contributed by atoms with Crippen molar-refractivity contribution in [2.75, 3.05) is 46.6 Å². The predicted octanol–water partition coefficient (Wildman–Crippen LogP) is 5.41. The van der Waals surface area contributed by atoms with Gasteiger partial charge in [-0.1, -0.05) is 6.92 Å². The first-order valence-electron chi connectivity index (χ1n) is 10.4. The molecule has 5 heteroatoms. The number of carbonyl (C=O) groups is 1. The van der Waals surface area contributed by atoms with Crippen molar-refractivity contribution in [2.24, 2.45) is 5.92 Å². The molecular formula is C23H32N4O. The van der Waals surface area contributed by atoms with Gasteiger partial charge < -0.3 is 20.4 Å². The normalized spacial score (nSPS) is 14.6. The van der Waals surface area contributed by atoms with Crippen molar-refractivity contribution < 1.29 is 4.79 Å². The van der Waals surface area contributed by atoms with Crippen LogP contribution in [0.4, 0.5) is 27.5 Å². The summed E-state index contributed by atoms with van der Waals surface area (Å²) in [5, 5.41) is 5.80. The van der Waals surface area contributed by atoms with E-state index >= 15 is 0 Å². The summed E-state index contributed by atoms with van der Waals surface area (Å²) in [6.07, 6.45) is 2.49. The lowest BCUT2D eigenvalue weighted by atomic mass is 9.99. The number of hydrogen-bond acceptors (Lipinski definition) is 3. The number of nitrogens with one attached hydrogen (secondary N) is 2. The van der Waals surface area contributed by atoms with E-state index in [0.717, 1.165) is 43.5 Å². The van der Waals surface area contributed by atoms with E-state index in [1.165, 1.54) is 24.2 Å². The molecular weight excluding hydrogens is 348 g/mol. The van der Waals surface area contributed by atoms with Crippen LogP contribution in [0.3, 0.4) is 0 Å². The highest BCUT2D eigenvalue weighted by atomic mass is 16.2. The van der Waals surface area contributed by atoms with Gasteiger partial charge in [-0.05, 0) is 81.1 Å². The van der Waals surface area contributed by atoms with Crippen molar-refractivity contribution in [1.29, 1.82) is 0 Å². The Morgan fingerprint density at radius 1 is 0.929 bits per heavy atom. The van der Waals surface area contributed by atoms with Gasteiger partial charge in [-0.15, -0.1) is 0 Å². The van der Waals surface area contributed by atoms with Crippen molar-refractivity contribution in [1.82, 2.24) is 0 Å². The van der Waals surface area contributed by atoms with Gasteiger partial charge in [-0.25, -0.2) is 4.79 Å². The van der Waals surface area contributed by atoms with Crippen LogP contribution in [0.1, 0.15) is 33.6 Å². The molecule has 150 valence electrons. The number of hydrogen-bond donors (Lipinski definition) is 2. The lowest BCUT2D eigenvalue weighted by Gasteiger charge is -2.32. The third-order valence-corrected chi connectivity index (χ3v) is 5.53. The van der Waals surface area contributed by atoms with E-state index in [-0.39, 0.29) is 6.03 Å². The summed E-state index contributed by atoms with van der Waals surface area (Å²) in [4.78, 5) is 17.0. The van der Waals surface area contributed by atoms with E-state index < -0.39 is 0 Å². The average molecular weight is 381 g/mol. The standard InChI is InChI=1S/C23H32N4O/c1-4-26(5-2)21-10-6-19(7-11-21)24-23(28)25-20-8-12-22(13-9-20)27-16-14-18(3)15-17-27/h6-13,18H,4-5,14-17H2,1-3H3,(H2,24,25,28). The molecule has 1 aliphatic rings. The Kier molecular flexibility index (Phi) is 6.80. The summed E-state index contributed by atoms with van der Waals surface area (Å²) >= 11 is 0. The minimum Gasteiger partial charge on any atom is -0.372 e. The van der Waals surface area contributed by atoms with Gasteiger partial charge in [0.05, 0.1) is 0 Å². The smallest absolute Gasteiger partial charge is 0.323 e. The second-order valence-electron chi connectivity index (χ2n) is 7.51. The maximum absolute atomic E-state index is 12.3. The Morgan fingerprint density at radius 3 is 1.93 bits per heavy atom. The molecule has 2 N–H and O–H groups in total. The maximum atomic E-state index is 12.3. The van der Waals surface area contributed by atoms with Crippen LogP contribution < -0.4 is 20.4 Å². The minimum absolute atomic E-state index is 0.227. The number of benzene rings is 2. The lowest BCUT2D eigenvalue weighted by molar-refractivity contribution is 0.262. The highest BCUT2D eigenvalue weighted by Crippen LogP contribution is 2.24. The highest BCUT2D eigenvalue weighted by molar-refractivity contribution is 5.99. The van der Waals surface area contributed by atoms with Crippen molar-refractivity contribution in [3.05, 3.63) is 48.5 Å². The first-order valence-corrected chi connectivity index (χ1v) is 10.4. The monoisotopic (exact) mass is 380 g/mol. The molecule has 1 heterocycles. The van der Waals surface area contributed by atoms with E-state index in [9.17, 15) is 4.79 Å². The van der Waals surface area contributed by atoms with Gasteiger partial charge in [0.1, 0.15) is 0 Å². The second-order valence-corrected chi connectivity index (χ2v) is 7.51. The molecule has 0 aromatic heterocycles. The molecule has 5 nitrogen and oxygen atoms in total. The van der Waals surface area contributed by atoms with Gasteiger partial charge in [0.15, 0.2) is 0 Å². The zero-order chi connectivity index (χ0) is 19.9.